The van der Waals surface area contributed by atoms with Gasteiger partial charge < -0.3 is 14.8 Å². The average molecular weight is 270 g/mol. The summed E-state index contributed by atoms with van der Waals surface area (Å²) in [5, 5.41) is 1.79. The Hall–Kier alpha value is -1.22. The van der Waals surface area contributed by atoms with Gasteiger partial charge in [0.1, 0.15) is 0 Å². The molecule has 0 aliphatic carbocycles. The third kappa shape index (κ3) is 3.63. The summed E-state index contributed by atoms with van der Waals surface area (Å²) < 4.78 is 55.9. The Morgan fingerprint density at radius 1 is 1.47 bits per heavy atom. The first-order chi connectivity index (χ1) is 7.80. The second-order valence-electron chi connectivity index (χ2n) is 3.38. The van der Waals surface area contributed by atoms with Crippen LogP contribution in [-0.4, -0.2) is 39.3 Å². The van der Waals surface area contributed by atoms with Crippen molar-refractivity contribution in [2.75, 3.05) is 20.0 Å². The van der Waals surface area contributed by atoms with Gasteiger partial charge in [0.2, 0.25) is 21.9 Å². The molecule has 0 saturated heterocycles. The average Bonchev–Trinajstić information content (AvgIpc) is 2.15. The van der Waals surface area contributed by atoms with Crippen molar-refractivity contribution < 1.29 is 26.7 Å². The number of aliphatic imine (C=N–C) groups is 1. The summed E-state index contributed by atoms with van der Waals surface area (Å²) in [6, 6.07) is 0. The van der Waals surface area contributed by atoms with E-state index in [-0.39, 0.29) is 5.88 Å². The molecule has 17 heavy (non-hydrogen) atoms. The lowest BCUT2D eigenvalue weighted by molar-refractivity contribution is -0.0429. The Labute approximate surface area is 97.2 Å². The zero-order valence-electron chi connectivity index (χ0n) is 9.24. The fraction of sp³-hybridized carbons (Fsp3) is 0.625. The smallest absolute Gasteiger partial charge is 0.230 e. The second kappa shape index (κ2) is 4.96. The summed E-state index contributed by atoms with van der Waals surface area (Å²) in [5.41, 5.74) is -1.55. The van der Waals surface area contributed by atoms with Crippen LogP contribution in [0.1, 0.15) is 6.92 Å². The van der Waals surface area contributed by atoms with Crippen LogP contribution in [0.2, 0.25) is 0 Å². The molecule has 0 bridgehead atoms. The lowest BCUT2D eigenvalue weighted by atomic mass is 10.2. The standard InChI is InChI=1S/C8H12F2N2O4S/c1-8(16-5-10)3-6(15-4-9)11-7(12-8)17(2,13)14/h3H,4-5H2,1-2H3,(H,11,12). The maximum Gasteiger partial charge on any atom is 0.230 e. The van der Waals surface area contributed by atoms with Crippen molar-refractivity contribution in [2.24, 2.45) is 4.99 Å². The molecule has 1 rings (SSSR count). The van der Waals surface area contributed by atoms with Crippen molar-refractivity contribution in [3.63, 3.8) is 0 Å². The molecule has 0 spiro atoms. The van der Waals surface area contributed by atoms with Crippen LogP contribution in [0, 0.1) is 0 Å². The zero-order chi connectivity index (χ0) is 13.1. The third-order valence-corrected chi connectivity index (χ3v) is 2.76. The van der Waals surface area contributed by atoms with Gasteiger partial charge in [0.15, 0.2) is 18.5 Å². The van der Waals surface area contributed by atoms with E-state index in [1.165, 1.54) is 6.92 Å². The number of hydrogen-bond donors (Lipinski definition) is 1. The van der Waals surface area contributed by atoms with Crippen LogP contribution in [0.3, 0.4) is 0 Å². The summed E-state index contributed by atoms with van der Waals surface area (Å²) in [6.07, 6.45) is 2.04. The van der Waals surface area contributed by atoms with Gasteiger partial charge in [0.05, 0.1) is 0 Å². The minimum Gasteiger partial charge on any atom is -0.448 e. The lowest BCUT2D eigenvalue weighted by Crippen LogP contribution is -2.41. The van der Waals surface area contributed by atoms with Crippen molar-refractivity contribution in [1.82, 2.24) is 5.32 Å². The molecule has 0 fully saturated rings. The van der Waals surface area contributed by atoms with E-state index in [0.29, 0.717) is 0 Å². The molecule has 0 amide bonds. The van der Waals surface area contributed by atoms with Gasteiger partial charge in [0, 0.05) is 12.3 Å². The number of nitrogens with one attached hydrogen (secondary N) is 1. The fourth-order valence-electron chi connectivity index (χ4n) is 1.14. The normalized spacial score (nSPS) is 24.7. The number of halogens is 2. The maximum atomic E-state index is 12.2. The Morgan fingerprint density at radius 2 is 2.12 bits per heavy atom. The Morgan fingerprint density at radius 3 is 2.59 bits per heavy atom. The lowest BCUT2D eigenvalue weighted by Gasteiger charge is -2.27. The van der Waals surface area contributed by atoms with E-state index in [0.717, 1.165) is 12.3 Å². The largest absolute Gasteiger partial charge is 0.448 e. The van der Waals surface area contributed by atoms with Gasteiger partial charge in [-0.05, 0) is 6.92 Å². The molecule has 0 aromatic rings. The van der Waals surface area contributed by atoms with E-state index in [4.69, 9.17) is 0 Å². The molecule has 1 heterocycles. The van der Waals surface area contributed by atoms with Crippen molar-refractivity contribution in [1.29, 1.82) is 0 Å². The van der Waals surface area contributed by atoms with E-state index < -0.39 is 34.5 Å². The SMILES string of the molecule is CC1(OCF)C=C(OCF)NC(S(C)(=O)=O)=N1. The van der Waals surface area contributed by atoms with E-state index in [1.54, 1.807) is 0 Å². The summed E-state index contributed by atoms with van der Waals surface area (Å²) >= 11 is 0. The highest BCUT2D eigenvalue weighted by atomic mass is 32.2. The van der Waals surface area contributed by atoms with Gasteiger partial charge in [-0.3, -0.25) is 0 Å². The topological polar surface area (TPSA) is 77.0 Å². The minimum absolute atomic E-state index is 0.195. The molecule has 0 aromatic carbocycles. The highest BCUT2D eigenvalue weighted by Crippen LogP contribution is 2.21. The molecule has 0 saturated carbocycles. The number of nitrogens with zero attached hydrogens (tertiary/aromatic N) is 1. The maximum absolute atomic E-state index is 12.2. The van der Waals surface area contributed by atoms with Gasteiger partial charge in [-0.25, -0.2) is 22.2 Å². The molecule has 1 atom stereocenters. The molecular weight excluding hydrogens is 258 g/mol. The molecule has 1 unspecified atom stereocenters. The molecule has 6 nitrogen and oxygen atoms in total. The van der Waals surface area contributed by atoms with Gasteiger partial charge in [-0.1, -0.05) is 0 Å². The predicted molar refractivity (Wildman–Crippen MR) is 56.0 cm³/mol. The third-order valence-electron chi connectivity index (χ3n) is 1.86. The number of rotatable bonds is 4. The summed E-state index contributed by atoms with van der Waals surface area (Å²) in [4.78, 5) is 3.68. The molecule has 1 N–H and O–H groups in total. The number of hydrogen-bond acceptors (Lipinski definition) is 6. The summed E-state index contributed by atoms with van der Waals surface area (Å²) in [7, 11) is -3.67. The minimum atomic E-state index is -3.67. The first-order valence-corrected chi connectivity index (χ1v) is 6.38. The van der Waals surface area contributed by atoms with Gasteiger partial charge in [-0.2, -0.15) is 0 Å². The molecule has 1 aliphatic rings. The van der Waals surface area contributed by atoms with Crippen molar-refractivity contribution in [3.05, 3.63) is 12.0 Å². The van der Waals surface area contributed by atoms with Crippen LogP contribution in [0.4, 0.5) is 8.78 Å². The Kier molecular flexibility index (Phi) is 4.04. The molecule has 9 heteroatoms. The fourth-order valence-corrected chi connectivity index (χ4v) is 1.78. The quantitative estimate of drug-likeness (QED) is 0.802. The van der Waals surface area contributed by atoms with Crippen molar-refractivity contribution in [2.45, 2.75) is 12.6 Å². The van der Waals surface area contributed by atoms with Crippen LogP contribution in [0.25, 0.3) is 0 Å². The van der Waals surface area contributed by atoms with E-state index in [1.807, 2.05) is 0 Å². The van der Waals surface area contributed by atoms with Crippen LogP contribution < -0.4 is 5.32 Å². The number of amidine groups is 1. The Bertz CT molecular complexity index is 448. The van der Waals surface area contributed by atoms with Crippen LogP contribution >= 0.6 is 0 Å². The zero-order valence-corrected chi connectivity index (χ0v) is 10.1. The summed E-state index contributed by atoms with van der Waals surface area (Å²) in [6.45, 7) is -1.02. The van der Waals surface area contributed by atoms with Crippen LogP contribution in [0.15, 0.2) is 17.0 Å². The molecule has 0 aromatic heterocycles. The van der Waals surface area contributed by atoms with Crippen LogP contribution in [-0.2, 0) is 19.3 Å². The highest BCUT2D eigenvalue weighted by Gasteiger charge is 2.32. The highest BCUT2D eigenvalue weighted by molar-refractivity contribution is 8.05. The van der Waals surface area contributed by atoms with Crippen LogP contribution in [0.5, 0.6) is 0 Å². The van der Waals surface area contributed by atoms with E-state index >= 15 is 0 Å². The summed E-state index contributed by atoms with van der Waals surface area (Å²) in [5.74, 6) is -0.195. The molecule has 98 valence electrons. The molecular formula is C8H12F2N2O4S. The molecule has 1 aliphatic heterocycles. The second-order valence-corrected chi connectivity index (χ2v) is 5.32. The van der Waals surface area contributed by atoms with E-state index in [9.17, 15) is 17.2 Å². The first kappa shape index (κ1) is 13.8. The van der Waals surface area contributed by atoms with Crippen molar-refractivity contribution in [3.8, 4) is 0 Å². The van der Waals surface area contributed by atoms with Gasteiger partial charge in [-0.15, -0.1) is 0 Å². The van der Waals surface area contributed by atoms with E-state index in [2.05, 4.69) is 19.8 Å². The van der Waals surface area contributed by atoms with Gasteiger partial charge >= 0.3 is 0 Å². The van der Waals surface area contributed by atoms with Crippen molar-refractivity contribution >= 4 is 15.0 Å². The Balaban J connectivity index is 3.09. The molecule has 0 radical (unpaired) electrons. The van der Waals surface area contributed by atoms with Gasteiger partial charge in [0.25, 0.3) is 0 Å². The number of sulfone groups is 1. The number of ether oxygens (including phenoxy) is 2. The number of alkyl halides is 2. The predicted octanol–water partition coefficient (Wildman–Crippen LogP) is 0.435. The monoisotopic (exact) mass is 270 g/mol. The first-order valence-electron chi connectivity index (χ1n) is 4.49.